The van der Waals surface area contributed by atoms with Gasteiger partial charge in [-0.05, 0) is 146 Å². The highest BCUT2D eigenvalue weighted by Gasteiger charge is 2.50. The van der Waals surface area contributed by atoms with Crippen LogP contribution in [0.1, 0.15) is 22.3 Å². The zero-order valence-electron chi connectivity index (χ0n) is 47.6. The molecule has 0 amide bonds. The van der Waals surface area contributed by atoms with Crippen LogP contribution in [0.25, 0.3) is 88.3 Å². The summed E-state index contributed by atoms with van der Waals surface area (Å²) in [6.45, 7) is 0. The zero-order chi connectivity index (χ0) is 58.7. The average Bonchev–Trinajstić information content (AvgIpc) is 1.50. The first-order chi connectivity index (χ1) is 43.5. The number of hydrogen-bond donors (Lipinski definition) is 0. The average molecular weight is 1130 g/mol. The Morgan fingerprint density at radius 3 is 1.38 bits per heavy atom. The van der Waals surface area contributed by atoms with Crippen LogP contribution in [0.4, 0.5) is 43.0 Å². The smallest absolute Gasteiger partial charge is 0.145 e. The first kappa shape index (κ1) is 52.1. The number of hydrogen-bond acceptors (Lipinski definition) is 4. The van der Waals surface area contributed by atoms with E-state index in [0.717, 1.165) is 139 Å². The van der Waals surface area contributed by atoms with E-state index in [-0.39, 0.29) is 11.6 Å². The second-order valence-corrected chi connectivity index (χ2v) is 22.4. The Labute approximate surface area is 508 Å². The van der Waals surface area contributed by atoms with Gasteiger partial charge in [0.05, 0.1) is 27.9 Å². The number of para-hydroxylation sites is 1. The van der Waals surface area contributed by atoms with Crippen molar-refractivity contribution in [2.75, 3.05) is 9.80 Å². The van der Waals surface area contributed by atoms with Crippen molar-refractivity contribution in [1.29, 1.82) is 0 Å². The van der Waals surface area contributed by atoms with Crippen molar-refractivity contribution in [2.45, 2.75) is 5.41 Å². The fourth-order valence-electron chi connectivity index (χ4n) is 13.6. The molecule has 1 aliphatic carbocycles. The second-order valence-electron chi connectivity index (χ2n) is 22.4. The highest BCUT2D eigenvalue weighted by Crippen LogP contribution is 2.64. The van der Waals surface area contributed by atoms with Gasteiger partial charge in [-0.2, -0.15) is 0 Å². The van der Waals surface area contributed by atoms with Crippen LogP contribution in [0, 0.1) is 11.6 Å². The third-order valence-corrected chi connectivity index (χ3v) is 17.5. The molecule has 0 saturated carbocycles. The lowest BCUT2D eigenvalue weighted by Gasteiger charge is -2.36. The van der Waals surface area contributed by atoms with Gasteiger partial charge >= 0.3 is 0 Å². The molecule has 0 bridgehead atoms. The van der Waals surface area contributed by atoms with Crippen LogP contribution in [-0.2, 0) is 5.41 Å². The molecule has 1 aliphatic rings. The van der Waals surface area contributed by atoms with Crippen molar-refractivity contribution in [1.82, 2.24) is 4.98 Å². The van der Waals surface area contributed by atoms with E-state index < -0.39 is 5.41 Å². The van der Waals surface area contributed by atoms with Gasteiger partial charge < -0.3 is 9.32 Å². The minimum atomic E-state index is -1.04. The normalized spacial score (nSPS) is 12.3. The molecular weight excluding hydrogens is 1080 g/mol. The van der Waals surface area contributed by atoms with Gasteiger partial charge in [-0.25, -0.2) is 13.8 Å². The molecule has 0 fully saturated rings. The topological polar surface area (TPSA) is 32.5 Å². The van der Waals surface area contributed by atoms with Gasteiger partial charge in [0, 0.05) is 50.6 Å². The van der Waals surface area contributed by atoms with Crippen LogP contribution >= 0.6 is 0 Å². The molecule has 0 atom stereocenters. The molecule has 0 spiro atoms. The fraction of sp³-hybridized carbons (Fsp3) is 0.0122. The SMILES string of the molecule is Fc1ccc(N(c2ncc(-c3ccccc3)cc2-c2ccccc2)c2cc3c(c4ccccc24)-c2c(cc(N(c4ccc(F)cc4)c4ccc(-c5ccccc5)cc4-c4ccccc4)c4c2oc2ccccc24)C3(c2ccccc2)c2ccccc2)cc1. The molecule has 0 saturated heterocycles. The van der Waals surface area contributed by atoms with Crippen molar-refractivity contribution in [3.63, 3.8) is 0 Å². The Bertz CT molecular complexity index is 5040. The third-order valence-electron chi connectivity index (χ3n) is 17.5. The minimum Gasteiger partial charge on any atom is -0.455 e. The highest BCUT2D eigenvalue weighted by atomic mass is 19.1. The molecule has 0 unspecified atom stereocenters. The van der Waals surface area contributed by atoms with Gasteiger partial charge in [-0.3, -0.25) is 4.90 Å². The molecule has 88 heavy (non-hydrogen) atoms. The van der Waals surface area contributed by atoms with E-state index in [1.54, 1.807) is 12.1 Å². The summed E-state index contributed by atoms with van der Waals surface area (Å²) in [7, 11) is 0. The number of furan rings is 1. The summed E-state index contributed by atoms with van der Waals surface area (Å²) in [4.78, 5) is 10.0. The summed E-state index contributed by atoms with van der Waals surface area (Å²) in [6, 6.07) is 107. The predicted molar refractivity (Wildman–Crippen MR) is 357 cm³/mol. The fourth-order valence-corrected chi connectivity index (χ4v) is 13.6. The Morgan fingerprint density at radius 2 is 0.784 bits per heavy atom. The number of benzene rings is 13. The van der Waals surface area contributed by atoms with E-state index in [1.165, 1.54) is 12.1 Å². The molecule has 416 valence electrons. The largest absolute Gasteiger partial charge is 0.455 e. The Balaban J connectivity index is 1.06. The quantitative estimate of drug-likeness (QED) is 0.122. The molecule has 4 nitrogen and oxygen atoms in total. The molecule has 0 radical (unpaired) electrons. The molecule has 0 aliphatic heterocycles. The zero-order valence-corrected chi connectivity index (χ0v) is 47.6. The van der Waals surface area contributed by atoms with Crippen LogP contribution in [0.2, 0.25) is 0 Å². The monoisotopic (exact) mass is 1130 g/mol. The van der Waals surface area contributed by atoms with Gasteiger partial charge in [0.1, 0.15) is 28.6 Å². The summed E-state index contributed by atoms with van der Waals surface area (Å²) in [5.41, 5.74) is 18.6. The molecule has 0 N–H and O–H groups in total. The standard InChI is InChI=1S/C82H53F2N3O/c83-62-40-44-64(45-41-62)86(73-48-39-58(54-23-7-1-8-24-54)49-69(73)56-27-11-3-12-28-56)75-52-72-79(80-78(75)68-37-21-22-38-76(68)88-80)77-67-36-20-19-35-66(67)74(51-71(77)82(72,60-31-15-5-16-32-60)61-33-17-6-18-34-61)87(65-46-42-63(84)43-47-65)81-70(57-29-13-4-14-30-57)50-59(53-85-81)55-25-9-2-10-26-55/h1-53H. The van der Waals surface area contributed by atoms with Crippen LogP contribution in [0.3, 0.4) is 0 Å². The van der Waals surface area contributed by atoms with Crippen molar-refractivity contribution in [2.24, 2.45) is 0 Å². The number of anilines is 6. The Morgan fingerprint density at radius 1 is 0.330 bits per heavy atom. The summed E-state index contributed by atoms with van der Waals surface area (Å²) < 4.78 is 38.6. The molecule has 15 aromatic rings. The van der Waals surface area contributed by atoms with E-state index in [0.29, 0.717) is 5.82 Å². The maximum atomic E-state index is 15.6. The number of halogens is 2. The number of pyridine rings is 1. The molecule has 16 rings (SSSR count). The maximum absolute atomic E-state index is 15.6. The lowest BCUT2D eigenvalue weighted by molar-refractivity contribution is 0.627. The van der Waals surface area contributed by atoms with E-state index in [1.807, 2.05) is 72.9 Å². The number of rotatable bonds is 12. The summed E-state index contributed by atoms with van der Waals surface area (Å²) in [5, 5.41) is 3.79. The number of nitrogens with zero attached hydrogens (tertiary/aromatic N) is 3. The van der Waals surface area contributed by atoms with Crippen molar-refractivity contribution in [3.05, 3.63) is 356 Å². The number of fused-ring (bicyclic) bond motifs is 9. The van der Waals surface area contributed by atoms with Gasteiger partial charge in [0.25, 0.3) is 0 Å². The molecular formula is C82H53F2N3O. The first-order valence-electron chi connectivity index (χ1n) is 29.6. The minimum absolute atomic E-state index is 0.336. The Hall–Kier alpha value is -11.5. The lowest BCUT2D eigenvalue weighted by Crippen LogP contribution is -2.29. The molecule has 2 heterocycles. The third kappa shape index (κ3) is 8.59. The van der Waals surface area contributed by atoms with Gasteiger partial charge in [0.2, 0.25) is 0 Å². The van der Waals surface area contributed by atoms with E-state index in [2.05, 4.69) is 234 Å². The summed E-state index contributed by atoms with van der Waals surface area (Å²) in [5.74, 6) is -0.00539. The van der Waals surface area contributed by atoms with Crippen LogP contribution < -0.4 is 9.80 Å². The predicted octanol–water partition coefficient (Wildman–Crippen LogP) is 22.4. The molecule has 13 aromatic carbocycles. The van der Waals surface area contributed by atoms with Gasteiger partial charge in [-0.15, -0.1) is 0 Å². The molecule has 2 aromatic heterocycles. The van der Waals surface area contributed by atoms with Crippen LogP contribution in [0.15, 0.2) is 326 Å². The van der Waals surface area contributed by atoms with Crippen LogP contribution in [-0.4, -0.2) is 4.98 Å². The Kier molecular flexibility index (Phi) is 12.8. The van der Waals surface area contributed by atoms with Gasteiger partial charge in [0.15, 0.2) is 0 Å². The summed E-state index contributed by atoms with van der Waals surface area (Å²) in [6.07, 6.45) is 1.95. The second kappa shape index (κ2) is 21.5. The van der Waals surface area contributed by atoms with Crippen molar-refractivity contribution >= 4 is 67.0 Å². The van der Waals surface area contributed by atoms with E-state index in [9.17, 15) is 0 Å². The van der Waals surface area contributed by atoms with Gasteiger partial charge in [-0.1, -0.05) is 231 Å². The van der Waals surface area contributed by atoms with Crippen molar-refractivity contribution in [3.8, 4) is 55.6 Å². The van der Waals surface area contributed by atoms with E-state index in [4.69, 9.17) is 9.40 Å². The molecule has 6 heteroatoms. The van der Waals surface area contributed by atoms with Crippen LogP contribution in [0.5, 0.6) is 0 Å². The van der Waals surface area contributed by atoms with E-state index >= 15 is 8.78 Å². The highest BCUT2D eigenvalue weighted by molar-refractivity contribution is 6.23. The summed E-state index contributed by atoms with van der Waals surface area (Å²) >= 11 is 0. The first-order valence-corrected chi connectivity index (χ1v) is 29.6. The number of aromatic nitrogens is 1. The lowest BCUT2D eigenvalue weighted by atomic mass is 9.67. The van der Waals surface area contributed by atoms with Crippen molar-refractivity contribution < 1.29 is 13.2 Å². The maximum Gasteiger partial charge on any atom is 0.145 e.